The number of hydrogen-bond donors (Lipinski definition) is 1. The van der Waals surface area contributed by atoms with Gasteiger partial charge in [0.1, 0.15) is 0 Å². The van der Waals surface area contributed by atoms with Gasteiger partial charge in [0.05, 0.1) is 0 Å². The van der Waals surface area contributed by atoms with Gasteiger partial charge in [0.2, 0.25) is 0 Å². The molecule has 0 amide bonds. The molecule has 0 heterocycles. The van der Waals surface area contributed by atoms with Gasteiger partial charge in [-0.3, -0.25) is 4.86 Å². The summed E-state index contributed by atoms with van der Waals surface area (Å²) in [5.74, 6) is 0. The molecule has 1 nitrogen and oxygen atoms in total. The summed E-state index contributed by atoms with van der Waals surface area (Å²) in [5, 5.41) is 1.14. The molecule has 0 unspecified atom stereocenters. The van der Waals surface area contributed by atoms with Gasteiger partial charge in [-0.1, -0.05) is 93.9 Å². The van der Waals surface area contributed by atoms with Crippen LogP contribution in [0.5, 0.6) is 0 Å². The quantitative estimate of drug-likeness (QED) is 0.104. The second-order valence-electron chi connectivity index (χ2n) is 10.1. The summed E-state index contributed by atoms with van der Waals surface area (Å²) in [6.07, 6.45) is 11.2. The third kappa shape index (κ3) is 30.7. The Balaban J connectivity index is -0.000000205. The van der Waals surface area contributed by atoms with Gasteiger partial charge in [0.25, 0.3) is 0 Å². The van der Waals surface area contributed by atoms with E-state index in [0.717, 1.165) is 12.8 Å². The van der Waals surface area contributed by atoms with Crippen LogP contribution >= 0.6 is 16.1 Å². The van der Waals surface area contributed by atoms with E-state index in [-0.39, 0.29) is 35.6 Å². The number of rotatable bonds is 7. The Hall–Kier alpha value is 0.708. The van der Waals surface area contributed by atoms with E-state index in [0.29, 0.717) is 15.5 Å². The van der Waals surface area contributed by atoms with E-state index in [9.17, 15) is 17.3 Å². The summed E-state index contributed by atoms with van der Waals surface area (Å²) in [6.45, 7) is 29.4. The molecule has 0 aliphatic heterocycles. The molecule has 0 aliphatic carbocycles. The molecule has 0 fully saturated rings. The minimum Gasteiger partial charge on any atom is -0.418 e. The van der Waals surface area contributed by atoms with E-state index in [2.05, 4.69) is 99.5 Å². The van der Waals surface area contributed by atoms with Gasteiger partial charge in [-0.15, -0.1) is 6.58 Å². The Labute approximate surface area is 206 Å². The van der Waals surface area contributed by atoms with Crippen LogP contribution in [-0.4, -0.2) is 29.4 Å². The molecule has 191 valence electrons. The van der Waals surface area contributed by atoms with Crippen molar-refractivity contribution in [3.05, 3.63) is 24.8 Å². The summed E-state index contributed by atoms with van der Waals surface area (Å²) >= 11 is 0. The zero-order chi connectivity index (χ0) is 24.8. The smallest absolute Gasteiger partial charge is 0.418 e. The van der Waals surface area contributed by atoms with Crippen molar-refractivity contribution in [3.8, 4) is 0 Å². The molecular formula is C22H47BF4NP2Rh-. The van der Waals surface area contributed by atoms with Crippen molar-refractivity contribution < 1.29 is 36.7 Å². The average molecular weight is 577 g/mol. The summed E-state index contributed by atoms with van der Waals surface area (Å²) in [7, 11) is -6.28. The number of unbranched alkanes of at least 4 members (excludes halogenated alkanes) is 2. The molecule has 0 aromatic heterocycles. The zero-order valence-corrected chi connectivity index (χ0v) is 25.0. The molecule has 9 heteroatoms. The molecule has 0 saturated carbocycles. The molecule has 0 bridgehead atoms. The van der Waals surface area contributed by atoms with Crippen molar-refractivity contribution in [1.82, 2.24) is 4.86 Å². The number of halogens is 4. The minimum atomic E-state index is -6.00. The molecular weight excluding hydrogens is 530 g/mol. The Kier molecular flexibility index (Phi) is 22.7. The topological polar surface area (TPSA) is 12.0 Å². The normalized spacial score (nSPS) is 13.5. The predicted octanol–water partition coefficient (Wildman–Crippen LogP) is 10.0. The first-order valence-electron chi connectivity index (χ1n) is 10.6. The van der Waals surface area contributed by atoms with E-state index in [4.69, 9.17) is 0 Å². The van der Waals surface area contributed by atoms with Crippen molar-refractivity contribution in [2.45, 2.75) is 110 Å². The van der Waals surface area contributed by atoms with Crippen molar-refractivity contribution in [2.24, 2.45) is 0 Å². The Morgan fingerprint density at radius 2 is 1.13 bits per heavy atom. The SMILES string of the molecule is C=CCC/C=C\CCC.C[P@@](NP(C(C)(C)C)C(C)(C)C)C(C)(C)C.F[B-](F)(F)F.[Rh]. The molecule has 31 heavy (non-hydrogen) atoms. The molecule has 0 aromatic rings. The fourth-order valence-corrected chi connectivity index (χ4v) is 9.04. The summed E-state index contributed by atoms with van der Waals surface area (Å²) < 4.78 is 39.0. The molecule has 0 aliphatic rings. The molecule has 0 rings (SSSR count). The van der Waals surface area contributed by atoms with Gasteiger partial charge in [-0.25, -0.2) is 0 Å². The average Bonchev–Trinajstić information content (AvgIpc) is 2.48. The van der Waals surface area contributed by atoms with Gasteiger partial charge in [0.15, 0.2) is 0 Å². The summed E-state index contributed by atoms with van der Waals surface area (Å²) in [5.41, 5.74) is 0. The van der Waals surface area contributed by atoms with Crippen LogP contribution in [0, 0.1) is 0 Å². The number of nitrogens with one attached hydrogen (secondary N) is 1. The van der Waals surface area contributed by atoms with Crippen LogP contribution < -0.4 is 4.86 Å². The Morgan fingerprint density at radius 3 is 1.39 bits per heavy atom. The van der Waals surface area contributed by atoms with Crippen LogP contribution in [0.2, 0.25) is 0 Å². The second-order valence-corrected chi connectivity index (χ2v) is 16.7. The van der Waals surface area contributed by atoms with Crippen molar-refractivity contribution in [3.63, 3.8) is 0 Å². The number of hydrogen-bond acceptors (Lipinski definition) is 1. The van der Waals surface area contributed by atoms with Gasteiger partial charge >= 0.3 is 7.25 Å². The summed E-state index contributed by atoms with van der Waals surface area (Å²) in [4.78, 5) is 3.97. The van der Waals surface area contributed by atoms with Gasteiger partial charge < -0.3 is 17.3 Å². The summed E-state index contributed by atoms with van der Waals surface area (Å²) in [6, 6.07) is 0. The van der Waals surface area contributed by atoms with Gasteiger partial charge in [-0.05, 0) is 57.5 Å². The maximum absolute atomic E-state index is 9.75. The first-order valence-corrected chi connectivity index (χ1v) is 13.7. The molecule has 0 aromatic carbocycles. The maximum Gasteiger partial charge on any atom is 0.673 e. The van der Waals surface area contributed by atoms with Crippen molar-refractivity contribution in [1.29, 1.82) is 0 Å². The fraction of sp³-hybridized carbons (Fsp3) is 0.818. The molecule has 1 atom stereocenters. The van der Waals surface area contributed by atoms with E-state index in [1.54, 1.807) is 0 Å². The van der Waals surface area contributed by atoms with Crippen LogP contribution in [0.25, 0.3) is 0 Å². The Bertz CT molecular complexity index is 448. The van der Waals surface area contributed by atoms with Crippen LogP contribution in [0.3, 0.4) is 0 Å². The molecule has 0 saturated heterocycles. The third-order valence-electron chi connectivity index (χ3n) is 3.76. The van der Waals surface area contributed by atoms with E-state index < -0.39 is 7.25 Å². The zero-order valence-electron chi connectivity index (χ0n) is 21.6. The van der Waals surface area contributed by atoms with Gasteiger partial charge in [0, 0.05) is 19.5 Å². The molecule has 1 N–H and O–H groups in total. The maximum atomic E-state index is 9.75. The minimum absolute atomic E-state index is 0. The Morgan fingerprint density at radius 1 is 0.774 bits per heavy atom. The monoisotopic (exact) mass is 577 g/mol. The largest absolute Gasteiger partial charge is 0.673 e. The van der Waals surface area contributed by atoms with E-state index in [1.165, 1.54) is 12.8 Å². The van der Waals surface area contributed by atoms with Crippen LogP contribution in [0.15, 0.2) is 24.8 Å². The molecule has 1 radical (unpaired) electrons. The van der Waals surface area contributed by atoms with Crippen LogP contribution in [0.1, 0.15) is 94.9 Å². The third-order valence-corrected chi connectivity index (χ3v) is 10.5. The first-order chi connectivity index (χ1) is 13.2. The standard InChI is InChI=1S/C13H31NP2.C9H16.BF4.Rh/c1-11(2,3)15(10)14-16(12(4,5)6)13(7,8)9;1-3-5-7-9-8-6-4-2;2-1(3,4)5;/h14H,1-10H3;3,8-9H,1,4-7H2,2H3;;/q;;-1;/b;9-8-;;/t15-;;;/m1.../s1. The van der Waals surface area contributed by atoms with Crippen LogP contribution in [-0.2, 0) is 19.5 Å². The first kappa shape index (κ1) is 38.9. The van der Waals surface area contributed by atoms with Crippen molar-refractivity contribution in [2.75, 3.05) is 6.66 Å². The second kappa shape index (κ2) is 18.1. The predicted molar refractivity (Wildman–Crippen MR) is 136 cm³/mol. The number of allylic oxidation sites excluding steroid dienone is 3. The van der Waals surface area contributed by atoms with Crippen LogP contribution in [0.4, 0.5) is 17.3 Å². The van der Waals surface area contributed by atoms with E-state index >= 15 is 0 Å². The van der Waals surface area contributed by atoms with Gasteiger partial charge in [-0.2, -0.15) is 0 Å². The van der Waals surface area contributed by atoms with E-state index in [1.807, 2.05) is 6.08 Å². The van der Waals surface area contributed by atoms with Crippen molar-refractivity contribution >= 4 is 23.4 Å². The fourth-order valence-electron chi connectivity index (χ4n) is 2.22. The molecule has 0 spiro atoms.